The van der Waals surface area contributed by atoms with Gasteiger partial charge in [0.15, 0.2) is 0 Å². The van der Waals surface area contributed by atoms with Gasteiger partial charge >= 0.3 is 0 Å². The smallest absolute Gasteiger partial charge is 0.128 e. The maximum absolute atomic E-state index is 5.02. The summed E-state index contributed by atoms with van der Waals surface area (Å²) in [5.74, 6) is 1.10. The van der Waals surface area contributed by atoms with Gasteiger partial charge in [-0.2, -0.15) is 0 Å². The van der Waals surface area contributed by atoms with Crippen LogP contribution in [0.4, 0.5) is 5.82 Å². The van der Waals surface area contributed by atoms with E-state index in [0.29, 0.717) is 6.04 Å². The number of methoxy groups -OCH3 is 1. The van der Waals surface area contributed by atoms with E-state index in [4.69, 9.17) is 4.74 Å². The van der Waals surface area contributed by atoms with Crippen LogP contribution in [0.15, 0.2) is 18.3 Å². The molecule has 1 unspecified atom stereocenters. The van der Waals surface area contributed by atoms with Crippen LogP contribution < -0.4 is 10.2 Å². The van der Waals surface area contributed by atoms with Gasteiger partial charge < -0.3 is 19.9 Å². The summed E-state index contributed by atoms with van der Waals surface area (Å²) in [7, 11) is 6.05. The Bertz CT molecular complexity index is 407. The van der Waals surface area contributed by atoms with E-state index < -0.39 is 0 Å². The molecule has 1 aromatic rings. The van der Waals surface area contributed by atoms with Crippen LogP contribution in [0.25, 0.3) is 0 Å². The molecule has 5 nitrogen and oxygen atoms in total. The largest absolute Gasteiger partial charge is 0.383 e. The van der Waals surface area contributed by atoms with E-state index in [1.54, 1.807) is 7.11 Å². The minimum absolute atomic E-state index is 0.635. The van der Waals surface area contributed by atoms with Crippen molar-refractivity contribution in [2.75, 3.05) is 52.3 Å². The fourth-order valence-electron chi connectivity index (χ4n) is 2.70. The summed E-state index contributed by atoms with van der Waals surface area (Å²) < 4.78 is 5.02. The first-order valence-electron chi connectivity index (χ1n) is 7.76. The lowest BCUT2D eigenvalue weighted by Crippen LogP contribution is -2.45. The molecule has 21 heavy (non-hydrogen) atoms. The quantitative estimate of drug-likeness (QED) is 0.768. The van der Waals surface area contributed by atoms with Gasteiger partial charge in [0.2, 0.25) is 0 Å². The Morgan fingerprint density at radius 1 is 1.43 bits per heavy atom. The van der Waals surface area contributed by atoms with Gasteiger partial charge in [0.05, 0.1) is 6.61 Å². The van der Waals surface area contributed by atoms with E-state index in [0.717, 1.165) is 38.6 Å². The summed E-state index contributed by atoms with van der Waals surface area (Å²) in [6.07, 6.45) is 4.50. The normalized spacial score (nSPS) is 19.2. The highest BCUT2D eigenvalue weighted by atomic mass is 16.5. The van der Waals surface area contributed by atoms with Gasteiger partial charge in [-0.15, -0.1) is 0 Å². The standard InChI is InChI=1S/C16H28N4O/c1-19(2)15-5-4-9-20(13-15)16-7-6-14(12-18-16)11-17-8-10-21-3/h6-7,12,15,17H,4-5,8-11,13H2,1-3H3. The topological polar surface area (TPSA) is 40.6 Å². The third kappa shape index (κ3) is 4.95. The van der Waals surface area contributed by atoms with Gasteiger partial charge in [0.25, 0.3) is 0 Å². The van der Waals surface area contributed by atoms with Crippen molar-refractivity contribution < 1.29 is 4.74 Å². The first-order chi connectivity index (χ1) is 10.2. The Balaban J connectivity index is 1.86. The number of hydrogen-bond acceptors (Lipinski definition) is 5. The molecule has 1 aliphatic rings. The van der Waals surface area contributed by atoms with Crippen molar-refractivity contribution in [3.8, 4) is 0 Å². The maximum atomic E-state index is 5.02. The highest BCUT2D eigenvalue weighted by Crippen LogP contribution is 2.19. The average molecular weight is 292 g/mol. The van der Waals surface area contributed by atoms with Crippen molar-refractivity contribution in [3.63, 3.8) is 0 Å². The van der Waals surface area contributed by atoms with Crippen LogP contribution in [0.1, 0.15) is 18.4 Å². The molecule has 1 atom stereocenters. The molecule has 2 heterocycles. The third-order valence-corrected chi connectivity index (χ3v) is 4.07. The van der Waals surface area contributed by atoms with Gasteiger partial charge in [0.1, 0.15) is 5.82 Å². The summed E-state index contributed by atoms with van der Waals surface area (Å²) in [6.45, 7) is 4.64. The molecular weight excluding hydrogens is 264 g/mol. The lowest BCUT2D eigenvalue weighted by Gasteiger charge is -2.36. The lowest BCUT2D eigenvalue weighted by atomic mass is 10.0. The summed E-state index contributed by atoms with van der Waals surface area (Å²) in [5.41, 5.74) is 1.22. The molecule has 0 radical (unpaired) electrons. The Labute approximate surface area is 128 Å². The van der Waals surface area contributed by atoms with Gasteiger partial charge in [-0.05, 0) is 38.6 Å². The van der Waals surface area contributed by atoms with E-state index in [1.165, 1.54) is 18.4 Å². The van der Waals surface area contributed by atoms with Gasteiger partial charge in [-0.3, -0.25) is 0 Å². The highest BCUT2D eigenvalue weighted by Gasteiger charge is 2.21. The fourth-order valence-corrected chi connectivity index (χ4v) is 2.70. The van der Waals surface area contributed by atoms with Crippen LogP contribution in [0.5, 0.6) is 0 Å². The molecule has 2 rings (SSSR count). The molecule has 0 amide bonds. The first kappa shape index (κ1) is 16.2. The number of aromatic nitrogens is 1. The molecule has 0 bridgehead atoms. The van der Waals surface area contributed by atoms with Crippen LogP contribution in [-0.2, 0) is 11.3 Å². The molecule has 1 aliphatic heterocycles. The van der Waals surface area contributed by atoms with Crippen molar-refractivity contribution in [1.82, 2.24) is 15.2 Å². The van der Waals surface area contributed by atoms with Crippen molar-refractivity contribution in [2.24, 2.45) is 0 Å². The molecule has 0 aromatic carbocycles. The zero-order valence-corrected chi connectivity index (χ0v) is 13.5. The second-order valence-electron chi connectivity index (χ2n) is 5.90. The van der Waals surface area contributed by atoms with Crippen LogP contribution >= 0.6 is 0 Å². The summed E-state index contributed by atoms with van der Waals surface area (Å²) in [4.78, 5) is 9.35. The number of hydrogen-bond donors (Lipinski definition) is 1. The molecule has 1 N–H and O–H groups in total. The van der Waals surface area contributed by atoms with E-state index in [2.05, 4.69) is 46.3 Å². The Morgan fingerprint density at radius 2 is 2.29 bits per heavy atom. The summed E-state index contributed by atoms with van der Waals surface area (Å²) in [5, 5.41) is 3.34. The second-order valence-corrected chi connectivity index (χ2v) is 5.90. The second kappa shape index (κ2) is 8.32. The average Bonchev–Trinajstić information content (AvgIpc) is 2.52. The summed E-state index contributed by atoms with van der Waals surface area (Å²) >= 11 is 0. The molecule has 1 aromatic heterocycles. The van der Waals surface area contributed by atoms with Crippen LogP contribution in [0.3, 0.4) is 0 Å². The number of nitrogens with zero attached hydrogens (tertiary/aromatic N) is 3. The molecule has 1 fully saturated rings. The number of nitrogens with one attached hydrogen (secondary N) is 1. The van der Waals surface area contributed by atoms with Crippen molar-refractivity contribution in [3.05, 3.63) is 23.9 Å². The summed E-state index contributed by atoms with van der Waals surface area (Å²) in [6, 6.07) is 4.95. The molecule has 1 saturated heterocycles. The zero-order chi connectivity index (χ0) is 15.1. The number of anilines is 1. The van der Waals surface area contributed by atoms with Crippen LogP contribution in [0, 0.1) is 0 Å². The molecule has 0 aliphatic carbocycles. The first-order valence-corrected chi connectivity index (χ1v) is 7.76. The molecule has 118 valence electrons. The van der Waals surface area contributed by atoms with Crippen molar-refractivity contribution in [1.29, 1.82) is 0 Å². The monoisotopic (exact) mass is 292 g/mol. The minimum atomic E-state index is 0.635. The zero-order valence-electron chi connectivity index (χ0n) is 13.5. The van der Waals surface area contributed by atoms with E-state index in [-0.39, 0.29) is 0 Å². The van der Waals surface area contributed by atoms with E-state index in [1.807, 2.05) is 6.20 Å². The predicted octanol–water partition coefficient (Wildman–Crippen LogP) is 1.35. The van der Waals surface area contributed by atoms with Crippen molar-refractivity contribution >= 4 is 5.82 Å². The minimum Gasteiger partial charge on any atom is -0.383 e. The molecule has 5 heteroatoms. The number of ether oxygens (including phenoxy) is 1. The molecule has 0 spiro atoms. The Hall–Kier alpha value is -1.17. The number of likely N-dealkylation sites (N-methyl/N-ethyl adjacent to an activating group) is 1. The van der Waals surface area contributed by atoms with Gasteiger partial charge in [-0.25, -0.2) is 4.98 Å². The Morgan fingerprint density at radius 3 is 2.95 bits per heavy atom. The molecule has 0 saturated carbocycles. The highest BCUT2D eigenvalue weighted by molar-refractivity contribution is 5.40. The van der Waals surface area contributed by atoms with Crippen LogP contribution in [0.2, 0.25) is 0 Å². The molecular formula is C16H28N4O. The third-order valence-electron chi connectivity index (χ3n) is 4.07. The van der Waals surface area contributed by atoms with Gasteiger partial charge in [-0.1, -0.05) is 6.07 Å². The maximum Gasteiger partial charge on any atom is 0.128 e. The van der Waals surface area contributed by atoms with Crippen molar-refractivity contribution in [2.45, 2.75) is 25.4 Å². The number of rotatable bonds is 7. The number of piperidine rings is 1. The van der Waals surface area contributed by atoms with Crippen LogP contribution in [-0.4, -0.2) is 63.4 Å². The lowest BCUT2D eigenvalue weighted by molar-refractivity contribution is 0.199. The fraction of sp³-hybridized carbons (Fsp3) is 0.688. The van der Waals surface area contributed by atoms with Gasteiger partial charge in [0, 0.05) is 45.5 Å². The van der Waals surface area contributed by atoms with E-state index in [9.17, 15) is 0 Å². The SMILES string of the molecule is COCCNCc1ccc(N2CCCC(N(C)C)C2)nc1. The Kier molecular flexibility index (Phi) is 6.42. The van der Waals surface area contributed by atoms with E-state index >= 15 is 0 Å². The predicted molar refractivity (Wildman–Crippen MR) is 86.7 cm³/mol. The number of pyridine rings is 1.